The van der Waals surface area contributed by atoms with Crippen LogP contribution in [0.3, 0.4) is 0 Å². The van der Waals surface area contributed by atoms with E-state index in [2.05, 4.69) is 15.5 Å². The zero-order valence-corrected chi connectivity index (χ0v) is 12.0. The predicted molar refractivity (Wildman–Crippen MR) is 74.4 cm³/mol. The number of hydrogen-bond donors (Lipinski definition) is 1. The van der Waals surface area contributed by atoms with Crippen molar-refractivity contribution in [2.45, 2.75) is 32.1 Å². The van der Waals surface area contributed by atoms with Crippen molar-refractivity contribution in [3.63, 3.8) is 0 Å². The molecule has 0 fully saturated rings. The van der Waals surface area contributed by atoms with Gasteiger partial charge in [-0.3, -0.25) is 10.1 Å². The van der Waals surface area contributed by atoms with E-state index in [-0.39, 0.29) is 17.5 Å². The maximum atomic E-state index is 12.0. The van der Waals surface area contributed by atoms with Crippen LogP contribution in [-0.4, -0.2) is 23.2 Å². The van der Waals surface area contributed by atoms with E-state index in [0.717, 1.165) is 18.5 Å². The standard InChI is InChI=1S/C13H15N3O3S/c1-18-11-7-9(19-16-11)12(17)15-13-14-8-5-3-2-4-6-10(8)20-13/h7H,2-6H2,1H3,(H,14,15,17). The molecule has 0 aromatic carbocycles. The molecule has 0 aliphatic heterocycles. The number of hydrogen-bond acceptors (Lipinski definition) is 6. The number of rotatable bonds is 3. The Morgan fingerprint density at radius 3 is 3.05 bits per heavy atom. The van der Waals surface area contributed by atoms with Gasteiger partial charge >= 0.3 is 0 Å². The minimum absolute atomic E-state index is 0.118. The second-order valence-corrected chi connectivity index (χ2v) is 5.72. The summed E-state index contributed by atoms with van der Waals surface area (Å²) in [6.07, 6.45) is 5.67. The summed E-state index contributed by atoms with van der Waals surface area (Å²) in [5, 5.41) is 6.97. The van der Waals surface area contributed by atoms with Crippen LogP contribution in [0.25, 0.3) is 0 Å². The van der Waals surface area contributed by atoms with E-state index >= 15 is 0 Å². The second-order valence-electron chi connectivity index (χ2n) is 4.64. The lowest BCUT2D eigenvalue weighted by molar-refractivity contribution is 0.0987. The topological polar surface area (TPSA) is 77.2 Å². The van der Waals surface area contributed by atoms with Crippen LogP contribution in [0.4, 0.5) is 5.13 Å². The molecule has 1 N–H and O–H groups in total. The minimum Gasteiger partial charge on any atom is -0.479 e. The molecule has 6 nitrogen and oxygen atoms in total. The number of fused-ring (bicyclic) bond motifs is 1. The van der Waals surface area contributed by atoms with Crippen molar-refractivity contribution < 1.29 is 14.1 Å². The van der Waals surface area contributed by atoms with Gasteiger partial charge in [0.2, 0.25) is 5.76 Å². The molecule has 20 heavy (non-hydrogen) atoms. The van der Waals surface area contributed by atoms with Gasteiger partial charge in [-0.2, -0.15) is 0 Å². The number of aromatic nitrogens is 2. The Morgan fingerprint density at radius 1 is 1.40 bits per heavy atom. The van der Waals surface area contributed by atoms with E-state index in [1.807, 2.05) is 0 Å². The SMILES string of the molecule is COc1cc(C(=O)Nc2nc3c(s2)CCCCC3)on1. The number of amides is 1. The van der Waals surface area contributed by atoms with Crippen LogP contribution in [-0.2, 0) is 12.8 Å². The number of carbonyl (C=O) groups excluding carboxylic acids is 1. The van der Waals surface area contributed by atoms with Crippen LogP contribution < -0.4 is 10.1 Å². The highest BCUT2D eigenvalue weighted by Crippen LogP contribution is 2.29. The van der Waals surface area contributed by atoms with Crippen molar-refractivity contribution in [2.75, 3.05) is 12.4 Å². The first-order valence-electron chi connectivity index (χ1n) is 6.57. The fourth-order valence-electron chi connectivity index (χ4n) is 2.20. The van der Waals surface area contributed by atoms with Crippen LogP contribution in [0.5, 0.6) is 5.88 Å². The third-order valence-corrected chi connectivity index (χ3v) is 4.31. The Hall–Kier alpha value is -1.89. The maximum Gasteiger partial charge on any atom is 0.296 e. The number of methoxy groups -OCH3 is 1. The normalized spacial score (nSPS) is 14.4. The molecule has 1 aliphatic carbocycles. The molecule has 2 aromatic heterocycles. The molecule has 7 heteroatoms. The van der Waals surface area contributed by atoms with Crippen molar-refractivity contribution in [1.82, 2.24) is 10.1 Å². The van der Waals surface area contributed by atoms with Gasteiger partial charge in [-0.05, 0) is 30.8 Å². The molecule has 0 unspecified atom stereocenters. The third-order valence-electron chi connectivity index (χ3n) is 3.24. The van der Waals surface area contributed by atoms with Gasteiger partial charge in [0.25, 0.3) is 11.8 Å². The summed E-state index contributed by atoms with van der Waals surface area (Å²) < 4.78 is 9.78. The molecular formula is C13H15N3O3S. The Bertz CT molecular complexity index is 597. The average Bonchev–Trinajstić information content (AvgIpc) is 3.01. The molecule has 1 amide bonds. The van der Waals surface area contributed by atoms with E-state index in [4.69, 9.17) is 9.26 Å². The number of thiazole rings is 1. The zero-order chi connectivity index (χ0) is 13.9. The predicted octanol–water partition coefficient (Wildman–Crippen LogP) is 2.66. The third kappa shape index (κ3) is 2.67. The number of aryl methyl sites for hydroxylation is 2. The number of ether oxygens (including phenoxy) is 1. The quantitative estimate of drug-likeness (QED) is 0.880. The first kappa shape index (κ1) is 13.1. The van der Waals surface area contributed by atoms with E-state index in [0.29, 0.717) is 5.13 Å². The zero-order valence-electron chi connectivity index (χ0n) is 11.1. The van der Waals surface area contributed by atoms with E-state index in [9.17, 15) is 4.79 Å². The molecule has 0 radical (unpaired) electrons. The van der Waals surface area contributed by atoms with Crippen LogP contribution in [0.2, 0.25) is 0 Å². The van der Waals surface area contributed by atoms with E-state index in [1.165, 1.54) is 37.3 Å². The van der Waals surface area contributed by atoms with Crippen molar-refractivity contribution >= 4 is 22.4 Å². The number of nitrogens with zero attached hydrogens (tertiary/aromatic N) is 2. The summed E-state index contributed by atoms with van der Waals surface area (Å²) in [5.41, 5.74) is 1.12. The van der Waals surface area contributed by atoms with Gasteiger partial charge in [-0.25, -0.2) is 4.98 Å². The molecule has 0 saturated heterocycles. The van der Waals surface area contributed by atoms with E-state index in [1.54, 1.807) is 11.3 Å². The summed E-state index contributed by atoms with van der Waals surface area (Å²) in [6.45, 7) is 0. The molecule has 106 valence electrons. The first-order chi connectivity index (χ1) is 9.76. The van der Waals surface area contributed by atoms with Crippen LogP contribution in [0.1, 0.15) is 40.4 Å². The van der Waals surface area contributed by atoms with Crippen molar-refractivity contribution in [2.24, 2.45) is 0 Å². The van der Waals surface area contributed by atoms with Crippen LogP contribution in [0.15, 0.2) is 10.6 Å². The van der Waals surface area contributed by atoms with Gasteiger partial charge in [0.05, 0.1) is 18.9 Å². The van der Waals surface area contributed by atoms with Gasteiger partial charge in [0.15, 0.2) is 5.13 Å². The van der Waals surface area contributed by atoms with Gasteiger partial charge in [0.1, 0.15) is 0 Å². The molecule has 3 rings (SSSR count). The van der Waals surface area contributed by atoms with Crippen LogP contribution >= 0.6 is 11.3 Å². The van der Waals surface area contributed by atoms with Gasteiger partial charge in [-0.1, -0.05) is 6.42 Å². The Labute approximate surface area is 120 Å². The molecule has 0 spiro atoms. The minimum atomic E-state index is -0.357. The van der Waals surface area contributed by atoms with Crippen molar-refractivity contribution in [3.05, 3.63) is 22.4 Å². The summed E-state index contributed by atoms with van der Waals surface area (Å²) >= 11 is 1.55. The summed E-state index contributed by atoms with van der Waals surface area (Å²) in [6, 6.07) is 1.45. The highest BCUT2D eigenvalue weighted by molar-refractivity contribution is 7.15. The average molecular weight is 293 g/mol. The largest absolute Gasteiger partial charge is 0.479 e. The summed E-state index contributed by atoms with van der Waals surface area (Å²) in [5.74, 6) is 0.0435. The van der Waals surface area contributed by atoms with Gasteiger partial charge < -0.3 is 9.26 Å². The number of anilines is 1. The molecular weight excluding hydrogens is 278 g/mol. The Kier molecular flexibility index (Phi) is 3.68. The highest BCUT2D eigenvalue weighted by atomic mass is 32.1. The van der Waals surface area contributed by atoms with Crippen LogP contribution in [0, 0.1) is 0 Å². The monoisotopic (exact) mass is 293 g/mol. The van der Waals surface area contributed by atoms with Crippen molar-refractivity contribution in [3.8, 4) is 5.88 Å². The highest BCUT2D eigenvalue weighted by Gasteiger charge is 2.18. The second kappa shape index (κ2) is 5.62. The lowest BCUT2D eigenvalue weighted by atomic mass is 10.2. The van der Waals surface area contributed by atoms with Crippen molar-refractivity contribution in [1.29, 1.82) is 0 Å². The maximum absolute atomic E-state index is 12.0. The molecule has 0 bridgehead atoms. The lowest BCUT2D eigenvalue weighted by Crippen LogP contribution is -2.10. The fourth-order valence-corrected chi connectivity index (χ4v) is 3.25. The molecule has 0 atom stereocenters. The molecule has 0 saturated carbocycles. The fraction of sp³-hybridized carbons (Fsp3) is 0.462. The first-order valence-corrected chi connectivity index (χ1v) is 7.38. The summed E-state index contributed by atoms with van der Waals surface area (Å²) in [7, 11) is 1.47. The summed E-state index contributed by atoms with van der Waals surface area (Å²) in [4.78, 5) is 17.8. The molecule has 2 aromatic rings. The number of nitrogens with one attached hydrogen (secondary N) is 1. The lowest BCUT2D eigenvalue weighted by Gasteiger charge is -1.96. The Balaban J connectivity index is 1.72. The smallest absolute Gasteiger partial charge is 0.296 e. The number of carbonyl (C=O) groups is 1. The van der Waals surface area contributed by atoms with Gasteiger partial charge in [0, 0.05) is 4.88 Å². The van der Waals surface area contributed by atoms with Gasteiger partial charge in [-0.15, -0.1) is 11.3 Å². The van der Waals surface area contributed by atoms with E-state index < -0.39 is 0 Å². The molecule has 1 aliphatic rings. The molecule has 2 heterocycles. The Morgan fingerprint density at radius 2 is 2.25 bits per heavy atom.